The van der Waals surface area contributed by atoms with Crippen LogP contribution in [0.2, 0.25) is 0 Å². The molecule has 0 fully saturated rings. The fourth-order valence-electron chi connectivity index (χ4n) is 1.28. The molecule has 0 N–H and O–H groups in total. The van der Waals surface area contributed by atoms with Gasteiger partial charge in [0.2, 0.25) is 5.88 Å². The van der Waals surface area contributed by atoms with E-state index in [1.807, 2.05) is 30.3 Å². The molecule has 0 amide bonds. The van der Waals surface area contributed by atoms with Crippen molar-refractivity contribution in [1.29, 1.82) is 5.26 Å². The second-order valence-corrected chi connectivity index (χ2v) is 4.09. The van der Waals surface area contributed by atoms with Crippen LogP contribution in [0.3, 0.4) is 0 Å². The second kappa shape index (κ2) is 5.46. The van der Waals surface area contributed by atoms with Gasteiger partial charge in [0.1, 0.15) is 5.75 Å². The average Bonchev–Trinajstić information content (AvgIpc) is 2.35. The zero-order valence-electron chi connectivity index (χ0n) is 8.80. The van der Waals surface area contributed by atoms with E-state index in [9.17, 15) is 0 Å². The van der Waals surface area contributed by atoms with Gasteiger partial charge in [-0.2, -0.15) is 5.26 Å². The molecule has 3 nitrogen and oxygen atoms in total. The van der Waals surface area contributed by atoms with Gasteiger partial charge in [0.15, 0.2) is 0 Å². The lowest BCUT2D eigenvalue weighted by Gasteiger charge is -2.07. The maximum Gasteiger partial charge on any atom is 0.219 e. The Morgan fingerprint density at radius 2 is 2.18 bits per heavy atom. The number of hydrogen-bond acceptors (Lipinski definition) is 3. The first-order chi connectivity index (χ1) is 8.29. The summed E-state index contributed by atoms with van der Waals surface area (Å²) in [6.07, 6.45) is 3.12. The summed E-state index contributed by atoms with van der Waals surface area (Å²) in [4.78, 5) is 4.07. The van der Waals surface area contributed by atoms with Gasteiger partial charge in [0, 0.05) is 12.3 Å². The number of benzene rings is 1. The summed E-state index contributed by atoms with van der Waals surface area (Å²) in [6.45, 7) is 0. The van der Waals surface area contributed by atoms with E-state index in [2.05, 4.69) is 20.9 Å². The third-order valence-electron chi connectivity index (χ3n) is 2.04. The largest absolute Gasteiger partial charge is 0.438 e. The van der Waals surface area contributed by atoms with Crippen LogP contribution in [0.25, 0.3) is 0 Å². The molecule has 17 heavy (non-hydrogen) atoms. The summed E-state index contributed by atoms with van der Waals surface area (Å²) in [5.74, 6) is 1.15. The number of aromatic nitrogens is 1. The summed E-state index contributed by atoms with van der Waals surface area (Å²) < 4.78 is 6.43. The molecule has 0 saturated carbocycles. The second-order valence-electron chi connectivity index (χ2n) is 3.23. The Hall–Kier alpha value is -1.86. The monoisotopic (exact) mass is 287 g/mol. The molecule has 1 heterocycles. The van der Waals surface area contributed by atoms with Gasteiger partial charge in [-0.05, 0) is 39.7 Å². The first-order valence-electron chi connectivity index (χ1n) is 4.91. The highest BCUT2D eigenvalue weighted by Crippen LogP contribution is 2.29. The molecule has 0 aliphatic rings. The van der Waals surface area contributed by atoms with Gasteiger partial charge < -0.3 is 4.74 Å². The van der Waals surface area contributed by atoms with Crippen molar-refractivity contribution in [3.63, 3.8) is 0 Å². The number of ether oxygens (including phenoxy) is 1. The topological polar surface area (TPSA) is 45.9 Å². The number of nitriles is 1. The minimum absolute atomic E-state index is 0.516. The molecule has 0 aliphatic carbocycles. The Morgan fingerprint density at radius 1 is 1.29 bits per heavy atom. The van der Waals surface area contributed by atoms with E-state index in [4.69, 9.17) is 10.00 Å². The lowest BCUT2D eigenvalue weighted by atomic mass is 10.1. The summed E-state index contributed by atoms with van der Waals surface area (Å²) in [5, 5.41) is 8.60. The maximum absolute atomic E-state index is 8.60. The predicted octanol–water partition coefficient (Wildman–Crippen LogP) is 3.71. The van der Waals surface area contributed by atoms with Crippen molar-refractivity contribution in [1.82, 2.24) is 4.98 Å². The predicted molar refractivity (Wildman–Crippen MR) is 67.5 cm³/mol. The highest BCUT2D eigenvalue weighted by molar-refractivity contribution is 9.10. The first kappa shape index (κ1) is 11.6. The maximum atomic E-state index is 8.60. The standard InChI is InChI=1S/C13H8BrN2O/c14-11-5-4-10(6-7-15)9-12(11)17-13-3-1-2-8-16-13/h1-6,8-9H. The zero-order chi connectivity index (χ0) is 12.1. The van der Waals surface area contributed by atoms with Gasteiger partial charge in [-0.3, -0.25) is 0 Å². The third-order valence-corrected chi connectivity index (χ3v) is 2.69. The van der Waals surface area contributed by atoms with Crippen molar-refractivity contribution >= 4 is 15.9 Å². The normalized spacial score (nSPS) is 9.65. The van der Waals surface area contributed by atoms with Crippen LogP contribution in [0, 0.1) is 17.8 Å². The molecule has 83 valence electrons. The fourth-order valence-corrected chi connectivity index (χ4v) is 1.61. The van der Waals surface area contributed by atoms with E-state index in [0.717, 1.165) is 10.0 Å². The third kappa shape index (κ3) is 3.05. The molecular weight excluding hydrogens is 280 g/mol. The summed E-state index contributed by atoms with van der Waals surface area (Å²) in [5.41, 5.74) is 0.793. The minimum atomic E-state index is 0.516. The highest BCUT2D eigenvalue weighted by atomic mass is 79.9. The summed E-state index contributed by atoms with van der Waals surface area (Å²) >= 11 is 3.39. The minimum Gasteiger partial charge on any atom is -0.438 e. The van der Waals surface area contributed by atoms with E-state index in [1.54, 1.807) is 18.3 Å². The Balaban J connectivity index is 2.26. The van der Waals surface area contributed by atoms with Crippen LogP contribution in [-0.2, 0) is 0 Å². The highest BCUT2D eigenvalue weighted by Gasteiger charge is 2.05. The Kier molecular flexibility index (Phi) is 3.73. The first-order valence-corrected chi connectivity index (χ1v) is 5.70. The molecule has 1 radical (unpaired) electrons. The van der Waals surface area contributed by atoms with Crippen LogP contribution in [0.1, 0.15) is 5.56 Å². The van der Waals surface area contributed by atoms with E-state index in [-0.39, 0.29) is 0 Å². The van der Waals surface area contributed by atoms with Crippen LogP contribution in [-0.4, -0.2) is 4.98 Å². The van der Waals surface area contributed by atoms with Gasteiger partial charge in [0.25, 0.3) is 0 Å². The molecule has 0 atom stereocenters. The van der Waals surface area contributed by atoms with E-state index >= 15 is 0 Å². The molecule has 2 rings (SSSR count). The Morgan fingerprint density at radius 3 is 2.88 bits per heavy atom. The number of hydrogen-bond donors (Lipinski definition) is 0. The molecule has 0 unspecified atom stereocenters. The zero-order valence-corrected chi connectivity index (χ0v) is 10.4. The van der Waals surface area contributed by atoms with Crippen LogP contribution in [0.5, 0.6) is 11.6 Å². The molecule has 4 heteroatoms. The lowest BCUT2D eigenvalue weighted by molar-refractivity contribution is 0.460. The van der Waals surface area contributed by atoms with E-state index in [0.29, 0.717) is 11.6 Å². The molecule has 0 saturated heterocycles. The van der Waals surface area contributed by atoms with Crippen LogP contribution in [0.15, 0.2) is 47.1 Å². The molecule has 0 spiro atoms. The van der Waals surface area contributed by atoms with Crippen molar-refractivity contribution in [3.8, 4) is 17.7 Å². The molecule has 1 aromatic heterocycles. The van der Waals surface area contributed by atoms with Crippen LogP contribution >= 0.6 is 15.9 Å². The van der Waals surface area contributed by atoms with Gasteiger partial charge in [-0.25, -0.2) is 4.98 Å². The smallest absolute Gasteiger partial charge is 0.219 e. The van der Waals surface area contributed by atoms with Crippen molar-refractivity contribution in [2.24, 2.45) is 0 Å². The number of pyridine rings is 1. The SMILES string of the molecule is N#C[CH]c1ccc(Br)c(Oc2ccccn2)c1. The lowest BCUT2D eigenvalue weighted by Crippen LogP contribution is -1.89. The number of nitrogens with zero attached hydrogens (tertiary/aromatic N) is 2. The van der Waals surface area contributed by atoms with Crippen molar-refractivity contribution in [2.75, 3.05) is 0 Å². The van der Waals surface area contributed by atoms with Crippen molar-refractivity contribution < 1.29 is 4.74 Å². The molecule has 2 aromatic rings. The molecule has 0 aliphatic heterocycles. The van der Waals surface area contributed by atoms with Crippen molar-refractivity contribution in [3.05, 3.63) is 59.1 Å². The van der Waals surface area contributed by atoms with Crippen LogP contribution < -0.4 is 4.74 Å². The van der Waals surface area contributed by atoms with Gasteiger partial charge in [-0.15, -0.1) is 0 Å². The van der Waals surface area contributed by atoms with E-state index in [1.165, 1.54) is 6.42 Å². The van der Waals surface area contributed by atoms with Crippen LogP contribution in [0.4, 0.5) is 0 Å². The van der Waals surface area contributed by atoms with E-state index < -0.39 is 0 Å². The van der Waals surface area contributed by atoms with Gasteiger partial charge in [0.05, 0.1) is 17.0 Å². The molecular formula is C13H8BrN2O. The Bertz CT molecular complexity index is 549. The number of halogens is 1. The fraction of sp³-hybridized carbons (Fsp3) is 0. The summed E-state index contributed by atoms with van der Waals surface area (Å²) in [7, 11) is 0. The van der Waals surface area contributed by atoms with Crippen molar-refractivity contribution in [2.45, 2.75) is 0 Å². The van der Waals surface area contributed by atoms with Gasteiger partial charge >= 0.3 is 0 Å². The average molecular weight is 288 g/mol. The molecule has 0 bridgehead atoms. The van der Waals surface area contributed by atoms with Gasteiger partial charge in [-0.1, -0.05) is 12.1 Å². The molecule has 1 aromatic carbocycles. The number of rotatable bonds is 3. The quantitative estimate of drug-likeness (QED) is 0.864. The summed E-state index contributed by atoms with van der Waals surface area (Å²) in [6, 6.07) is 12.9. The Labute approximate surface area is 108 Å².